The van der Waals surface area contributed by atoms with Gasteiger partial charge in [-0.15, -0.1) is 0 Å². The average Bonchev–Trinajstić information content (AvgIpc) is 3.72. The van der Waals surface area contributed by atoms with Gasteiger partial charge < -0.3 is 4.74 Å². The summed E-state index contributed by atoms with van der Waals surface area (Å²) < 4.78 is 5.33. The van der Waals surface area contributed by atoms with Gasteiger partial charge in [-0.05, 0) is 86.6 Å². The fourth-order valence-electron chi connectivity index (χ4n) is 4.69. The van der Waals surface area contributed by atoms with Gasteiger partial charge in [0.05, 0.1) is 13.0 Å². The summed E-state index contributed by atoms with van der Waals surface area (Å²) in [6, 6.07) is 27.3. The van der Waals surface area contributed by atoms with E-state index in [1.165, 1.54) is 0 Å². The topological polar surface area (TPSA) is 43.4 Å². The minimum Gasteiger partial charge on any atom is -0.497 e. The van der Waals surface area contributed by atoms with E-state index in [4.69, 9.17) is 4.74 Å². The smallest absolute Gasteiger partial charge is 0.497 e. The maximum atomic E-state index is 13.8. The Balaban J connectivity index is 0.000000630. The van der Waals surface area contributed by atoms with Gasteiger partial charge in [0.2, 0.25) is 0 Å². The van der Waals surface area contributed by atoms with E-state index in [0.717, 1.165) is 22.4 Å². The Morgan fingerprint density at radius 3 is 1.74 bits per heavy atom. The minimum absolute atomic E-state index is 0. The van der Waals surface area contributed by atoms with Gasteiger partial charge in [0, 0.05) is 24.7 Å². The van der Waals surface area contributed by atoms with Gasteiger partial charge in [0.1, 0.15) is 17.3 Å². The van der Waals surface area contributed by atoms with Crippen LogP contribution in [0.4, 0.5) is 0 Å². The monoisotopic (exact) mass is 556 g/mol. The van der Waals surface area contributed by atoms with Crippen LogP contribution in [0.15, 0.2) is 84.9 Å². The summed E-state index contributed by atoms with van der Waals surface area (Å²) in [6.45, 7) is 0. The number of Topliss-reactive ketones (excluding diaryl/α,β-unsaturated/α-hetero) is 2. The molecule has 0 amide bonds. The Kier molecular flexibility index (Phi) is 13.0. The summed E-state index contributed by atoms with van der Waals surface area (Å²) in [6.07, 6.45) is 18.0. The molecule has 196 valence electrons. The van der Waals surface area contributed by atoms with Crippen molar-refractivity contribution in [3.8, 4) is 5.75 Å². The van der Waals surface area contributed by atoms with E-state index in [2.05, 4.69) is 0 Å². The number of ketones is 2. The first kappa shape index (κ1) is 30.9. The molecule has 3 aromatic rings. The predicted molar refractivity (Wildman–Crippen MR) is 152 cm³/mol. The molecule has 0 heterocycles. The van der Waals surface area contributed by atoms with Gasteiger partial charge in [-0.3, -0.25) is 9.59 Å². The molecule has 3 aromatic carbocycles. The zero-order chi connectivity index (χ0) is 26.6. The molecule has 0 N–H and O–H groups in total. The number of ether oxygens (including phenoxy) is 1. The normalized spacial score (nSPS) is 16.3. The van der Waals surface area contributed by atoms with E-state index >= 15 is 0 Å². The van der Waals surface area contributed by atoms with Gasteiger partial charge in [0.15, 0.2) is 0 Å². The third-order valence-corrected chi connectivity index (χ3v) is 6.62. The van der Waals surface area contributed by atoms with Crippen molar-refractivity contribution in [3.63, 3.8) is 0 Å². The zero-order valence-electron chi connectivity index (χ0n) is 21.9. The number of rotatable bonds is 10. The number of benzene rings is 3. The number of methoxy groups -OCH3 is 1. The van der Waals surface area contributed by atoms with Crippen molar-refractivity contribution in [2.45, 2.75) is 24.7 Å². The molecule has 39 heavy (non-hydrogen) atoms. The summed E-state index contributed by atoms with van der Waals surface area (Å²) in [5, 5.41) is 0. The molecule has 3 nitrogen and oxygen atoms in total. The second kappa shape index (κ2) is 16.4. The van der Waals surface area contributed by atoms with E-state index < -0.39 is 5.92 Å². The van der Waals surface area contributed by atoms with Crippen molar-refractivity contribution in [2.24, 2.45) is 0 Å². The molecule has 2 saturated carbocycles. The first-order chi connectivity index (χ1) is 18.7. The standard InChI is InChI=1S/C30H27O3.C5H5.Fe/c1-33-26-18-16-23(17-19-26)27(21-28(31)24-12-8-9-13-24)30(25-14-6-3-7-15-25)29(32)20-22-10-4-2-5-11-22;1-2-4-5-3-1;/h2-19,27,30H,20-21H2,1H3;1-5H;/q;;+2. The van der Waals surface area contributed by atoms with Crippen LogP contribution in [0.1, 0.15) is 34.9 Å². The third kappa shape index (κ3) is 9.19. The first-order valence-corrected chi connectivity index (χ1v) is 12.8. The molecule has 2 aliphatic carbocycles. The fourth-order valence-corrected chi connectivity index (χ4v) is 4.69. The van der Waals surface area contributed by atoms with Crippen LogP contribution in [0, 0.1) is 63.7 Å². The van der Waals surface area contributed by atoms with Crippen LogP contribution >= 0.6 is 0 Å². The van der Waals surface area contributed by atoms with Gasteiger partial charge in [-0.25, -0.2) is 0 Å². The predicted octanol–water partition coefficient (Wildman–Crippen LogP) is 6.76. The van der Waals surface area contributed by atoms with E-state index in [0.29, 0.717) is 12.3 Å². The maximum Gasteiger partial charge on any atom is 2.00 e. The van der Waals surface area contributed by atoms with Crippen LogP contribution in [-0.4, -0.2) is 18.7 Å². The summed E-state index contributed by atoms with van der Waals surface area (Å²) in [5.74, 6) is 0.816. The fraction of sp³-hybridized carbons (Fsp3) is 0.143. The molecule has 2 fully saturated rings. The van der Waals surface area contributed by atoms with Crippen molar-refractivity contribution in [2.75, 3.05) is 7.11 Å². The van der Waals surface area contributed by atoms with Crippen LogP contribution < -0.4 is 4.74 Å². The quantitative estimate of drug-likeness (QED) is 0.259. The molecule has 10 radical (unpaired) electrons. The van der Waals surface area contributed by atoms with Crippen molar-refractivity contribution >= 4 is 11.6 Å². The largest absolute Gasteiger partial charge is 2.00 e. The molecule has 4 heteroatoms. The molecule has 0 saturated heterocycles. The Labute approximate surface area is 245 Å². The molecule has 5 rings (SSSR count). The Morgan fingerprint density at radius 1 is 0.667 bits per heavy atom. The van der Waals surface area contributed by atoms with Crippen molar-refractivity contribution in [1.29, 1.82) is 0 Å². The molecule has 0 aliphatic heterocycles. The minimum atomic E-state index is -0.446. The number of carbonyl (C=O) groups excluding carboxylic acids is 2. The van der Waals surface area contributed by atoms with Gasteiger partial charge in [0.25, 0.3) is 0 Å². The van der Waals surface area contributed by atoms with Gasteiger partial charge in [-0.1, -0.05) is 72.8 Å². The number of hydrogen-bond acceptors (Lipinski definition) is 3. The summed E-state index contributed by atoms with van der Waals surface area (Å²) in [7, 11) is 1.63. The molecule has 2 atom stereocenters. The first-order valence-electron chi connectivity index (χ1n) is 12.8. The molecular weight excluding hydrogens is 524 g/mol. The third-order valence-electron chi connectivity index (χ3n) is 6.62. The van der Waals surface area contributed by atoms with Crippen LogP contribution in [0.25, 0.3) is 0 Å². The van der Waals surface area contributed by atoms with Crippen LogP contribution in [-0.2, 0) is 33.1 Å². The van der Waals surface area contributed by atoms with Crippen molar-refractivity contribution < 1.29 is 31.4 Å². The van der Waals surface area contributed by atoms with E-state index in [1.54, 1.807) is 7.11 Å². The Morgan fingerprint density at radius 2 is 1.21 bits per heavy atom. The van der Waals surface area contributed by atoms with E-state index in [1.807, 2.05) is 143 Å². The van der Waals surface area contributed by atoms with Crippen LogP contribution in [0.5, 0.6) is 5.75 Å². The van der Waals surface area contributed by atoms with Crippen molar-refractivity contribution in [3.05, 3.63) is 165 Å². The molecule has 0 aromatic heterocycles. The van der Waals surface area contributed by atoms with E-state index in [-0.39, 0.29) is 41.0 Å². The maximum absolute atomic E-state index is 13.8. The number of carbonyl (C=O) groups is 2. The van der Waals surface area contributed by atoms with Crippen molar-refractivity contribution in [1.82, 2.24) is 0 Å². The van der Waals surface area contributed by atoms with E-state index in [9.17, 15) is 9.59 Å². The molecule has 0 spiro atoms. The van der Waals surface area contributed by atoms with Crippen LogP contribution in [0.3, 0.4) is 0 Å². The SMILES string of the molecule is COc1ccc(C(CC(=O)[C]2[CH][CH][CH][CH]2)C(C(=O)Cc2ccccc2)c2ccccc2)cc1.[CH]1[CH][CH][CH][CH]1.[Fe+2]. The summed E-state index contributed by atoms with van der Waals surface area (Å²) in [4.78, 5) is 27.0. The van der Waals surface area contributed by atoms with Crippen LogP contribution in [0.2, 0.25) is 0 Å². The summed E-state index contributed by atoms with van der Waals surface area (Å²) in [5.41, 5.74) is 2.85. The Hall–Kier alpha value is -2.68. The molecule has 2 aliphatic rings. The molecule has 0 bridgehead atoms. The molecular formula is C35H32FeO3+2. The number of hydrogen-bond donors (Lipinski definition) is 0. The summed E-state index contributed by atoms with van der Waals surface area (Å²) >= 11 is 0. The van der Waals surface area contributed by atoms with Gasteiger partial charge >= 0.3 is 17.1 Å². The Bertz CT molecular complexity index is 1110. The zero-order valence-corrected chi connectivity index (χ0v) is 23.0. The van der Waals surface area contributed by atoms with Gasteiger partial charge in [-0.2, -0.15) is 0 Å². The molecule has 2 unspecified atom stereocenters. The second-order valence-corrected chi connectivity index (χ2v) is 9.16. The average molecular weight is 556 g/mol. The second-order valence-electron chi connectivity index (χ2n) is 9.16.